The average molecular weight is 493 g/mol. The molecule has 35 heavy (non-hydrogen) atoms. The fraction of sp³-hybridized carbons (Fsp3) is 0.478. The summed E-state index contributed by atoms with van der Waals surface area (Å²) in [5, 5.41) is 2.41. The Hall–Kier alpha value is -3.41. The highest BCUT2D eigenvalue weighted by molar-refractivity contribution is 5.95. The number of para-hydroxylation sites is 1. The van der Waals surface area contributed by atoms with Crippen molar-refractivity contribution >= 4 is 23.6 Å². The molecular weight excluding hydrogens is 467 g/mol. The standard InChI is InChI=1S/C23H26F3N5O4/c1-14(34-2)11-27-20(32)17-12-28-21(29-19(17)23(24,25)26)30-9-7-16(8-10-30)31-18-6-4-3-5-15(18)13-35-22(31)33/h3-6,12,14,16H,7-11,13H2,1-2H3,(H,27,32). The summed E-state index contributed by atoms with van der Waals surface area (Å²) in [7, 11) is 1.44. The van der Waals surface area contributed by atoms with E-state index in [1.807, 2.05) is 24.3 Å². The number of methoxy groups -OCH3 is 1. The maximum absolute atomic E-state index is 13.7. The van der Waals surface area contributed by atoms with E-state index in [1.165, 1.54) is 7.11 Å². The Morgan fingerprint density at radius 2 is 2.00 bits per heavy atom. The average Bonchev–Trinajstić information content (AvgIpc) is 2.86. The quantitative estimate of drug-likeness (QED) is 0.659. The molecule has 0 radical (unpaired) electrons. The second-order valence-corrected chi connectivity index (χ2v) is 8.46. The molecule has 1 saturated heterocycles. The van der Waals surface area contributed by atoms with E-state index < -0.39 is 29.4 Å². The van der Waals surface area contributed by atoms with Crippen LogP contribution in [0.5, 0.6) is 0 Å². The topological polar surface area (TPSA) is 96.9 Å². The lowest BCUT2D eigenvalue weighted by molar-refractivity contribution is -0.141. The molecule has 0 spiro atoms. The third kappa shape index (κ3) is 5.31. The number of piperidine rings is 1. The zero-order valence-electron chi connectivity index (χ0n) is 19.3. The van der Waals surface area contributed by atoms with E-state index in [4.69, 9.17) is 9.47 Å². The van der Waals surface area contributed by atoms with Gasteiger partial charge in [0.15, 0.2) is 5.69 Å². The molecule has 1 aromatic carbocycles. The Bertz CT molecular complexity index is 1090. The zero-order valence-corrected chi connectivity index (χ0v) is 19.3. The van der Waals surface area contributed by atoms with Crippen LogP contribution in [-0.2, 0) is 22.3 Å². The maximum Gasteiger partial charge on any atom is 0.434 e. The summed E-state index contributed by atoms with van der Waals surface area (Å²) < 4.78 is 51.5. The highest BCUT2D eigenvalue weighted by atomic mass is 19.4. The van der Waals surface area contributed by atoms with Gasteiger partial charge in [0.05, 0.1) is 17.4 Å². The van der Waals surface area contributed by atoms with Gasteiger partial charge in [-0.2, -0.15) is 13.2 Å². The minimum Gasteiger partial charge on any atom is -0.444 e. The highest BCUT2D eigenvalue weighted by Crippen LogP contribution is 2.34. The van der Waals surface area contributed by atoms with Gasteiger partial charge in [0.2, 0.25) is 5.95 Å². The Balaban J connectivity index is 1.49. The number of carbonyl (C=O) groups excluding carboxylic acids is 2. The Labute approximate surface area is 200 Å². The summed E-state index contributed by atoms with van der Waals surface area (Å²) in [6.45, 7) is 2.61. The third-order valence-corrected chi connectivity index (χ3v) is 6.15. The van der Waals surface area contributed by atoms with E-state index in [0.29, 0.717) is 25.9 Å². The number of nitrogens with one attached hydrogen (secondary N) is 1. The zero-order chi connectivity index (χ0) is 25.2. The lowest BCUT2D eigenvalue weighted by Gasteiger charge is -2.40. The minimum absolute atomic E-state index is 0.0456. The molecule has 4 rings (SSSR count). The molecule has 0 bridgehead atoms. The van der Waals surface area contributed by atoms with Crippen molar-refractivity contribution in [3.63, 3.8) is 0 Å². The molecule has 3 heterocycles. The van der Waals surface area contributed by atoms with Crippen molar-refractivity contribution in [2.45, 2.75) is 44.7 Å². The molecule has 2 aliphatic heterocycles. The number of hydrogen-bond acceptors (Lipinski definition) is 7. The smallest absolute Gasteiger partial charge is 0.434 e. The van der Waals surface area contributed by atoms with Gasteiger partial charge in [0, 0.05) is 44.5 Å². The molecule has 0 saturated carbocycles. The number of ether oxygens (including phenoxy) is 2. The van der Waals surface area contributed by atoms with Crippen molar-refractivity contribution in [2.75, 3.05) is 36.5 Å². The number of hydrogen-bond donors (Lipinski definition) is 1. The van der Waals surface area contributed by atoms with E-state index in [1.54, 1.807) is 16.7 Å². The first kappa shape index (κ1) is 24.7. The van der Waals surface area contributed by atoms with Gasteiger partial charge in [-0.1, -0.05) is 18.2 Å². The van der Waals surface area contributed by atoms with Crippen LogP contribution in [0.4, 0.5) is 29.6 Å². The summed E-state index contributed by atoms with van der Waals surface area (Å²) in [6.07, 6.45) is -3.75. The van der Waals surface area contributed by atoms with Crippen LogP contribution in [0.2, 0.25) is 0 Å². The van der Waals surface area contributed by atoms with Gasteiger partial charge in [0.25, 0.3) is 5.91 Å². The van der Waals surface area contributed by atoms with Gasteiger partial charge in [0.1, 0.15) is 6.61 Å². The van der Waals surface area contributed by atoms with Crippen LogP contribution in [0, 0.1) is 0 Å². The number of alkyl halides is 3. The number of anilines is 2. The number of nitrogens with zero attached hydrogens (tertiary/aromatic N) is 4. The molecule has 0 aliphatic carbocycles. The van der Waals surface area contributed by atoms with Gasteiger partial charge >= 0.3 is 12.3 Å². The van der Waals surface area contributed by atoms with Gasteiger partial charge < -0.3 is 19.7 Å². The van der Waals surface area contributed by atoms with Gasteiger partial charge in [-0.05, 0) is 25.8 Å². The number of rotatable bonds is 6. The Morgan fingerprint density at radius 1 is 1.29 bits per heavy atom. The molecule has 1 N–H and O–H groups in total. The first-order valence-corrected chi connectivity index (χ1v) is 11.2. The number of cyclic esters (lactones) is 1. The number of carbonyl (C=O) groups is 2. The summed E-state index contributed by atoms with van der Waals surface area (Å²) in [6, 6.07) is 7.30. The summed E-state index contributed by atoms with van der Waals surface area (Å²) in [4.78, 5) is 35.8. The van der Waals surface area contributed by atoms with Crippen LogP contribution >= 0.6 is 0 Å². The third-order valence-electron chi connectivity index (χ3n) is 6.15. The van der Waals surface area contributed by atoms with Gasteiger partial charge in [-0.15, -0.1) is 0 Å². The number of amides is 2. The molecule has 9 nitrogen and oxygen atoms in total. The van der Waals surface area contributed by atoms with Crippen molar-refractivity contribution in [3.8, 4) is 0 Å². The van der Waals surface area contributed by atoms with Crippen molar-refractivity contribution in [3.05, 3.63) is 47.3 Å². The number of aromatic nitrogens is 2. The Morgan fingerprint density at radius 3 is 2.69 bits per heavy atom. The number of fused-ring (bicyclic) bond motifs is 1. The summed E-state index contributed by atoms with van der Waals surface area (Å²) in [5.74, 6) is -1.03. The van der Waals surface area contributed by atoms with E-state index in [-0.39, 0.29) is 31.2 Å². The first-order chi connectivity index (χ1) is 16.7. The molecule has 1 atom stereocenters. The molecule has 1 aromatic heterocycles. The second-order valence-electron chi connectivity index (χ2n) is 8.46. The van der Waals surface area contributed by atoms with Crippen LogP contribution in [0.3, 0.4) is 0 Å². The SMILES string of the molecule is COC(C)CNC(=O)c1cnc(N2CCC(N3C(=O)OCc4ccccc43)CC2)nc1C(F)(F)F. The second kappa shape index (κ2) is 10.1. The van der Waals surface area contributed by atoms with Crippen molar-refractivity contribution in [1.82, 2.24) is 15.3 Å². The van der Waals surface area contributed by atoms with Crippen LogP contribution in [0.25, 0.3) is 0 Å². The maximum atomic E-state index is 13.7. The fourth-order valence-corrected chi connectivity index (χ4v) is 4.17. The fourth-order valence-electron chi connectivity index (χ4n) is 4.17. The minimum atomic E-state index is -4.84. The summed E-state index contributed by atoms with van der Waals surface area (Å²) in [5.41, 5.74) is -0.245. The summed E-state index contributed by atoms with van der Waals surface area (Å²) >= 11 is 0. The molecule has 1 unspecified atom stereocenters. The number of halogens is 3. The normalized spacial score (nSPS) is 17.6. The van der Waals surface area contributed by atoms with Crippen molar-refractivity contribution < 1.29 is 32.2 Å². The van der Waals surface area contributed by atoms with Crippen LogP contribution in [0.15, 0.2) is 30.5 Å². The molecule has 2 aliphatic rings. The lowest BCUT2D eigenvalue weighted by atomic mass is 10.0. The number of benzene rings is 1. The van der Waals surface area contributed by atoms with Gasteiger partial charge in [-0.3, -0.25) is 9.69 Å². The molecule has 1 fully saturated rings. The molecule has 188 valence electrons. The molecule has 2 amide bonds. The largest absolute Gasteiger partial charge is 0.444 e. The monoisotopic (exact) mass is 493 g/mol. The highest BCUT2D eigenvalue weighted by Gasteiger charge is 2.39. The molecular formula is C23H26F3N5O4. The van der Waals surface area contributed by atoms with Crippen molar-refractivity contribution in [2.24, 2.45) is 0 Å². The van der Waals surface area contributed by atoms with E-state index in [9.17, 15) is 22.8 Å². The predicted octanol–water partition coefficient (Wildman–Crippen LogP) is 3.39. The van der Waals surface area contributed by atoms with E-state index in [2.05, 4.69) is 15.3 Å². The Kier molecular flexibility index (Phi) is 7.10. The lowest BCUT2D eigenvalue weighted by Crippen LogP contribution is -2.49. The first-order valence-electron chi connectivity index (χ1n) is 11.2. The van der Waals surface area contributed by atoms with Crippen LogP contribution < -0.4 is 15.1 Å². The predicted molar refractivity (Wildman–Crippen MR) is 120 cm³/mol. The van der Waals surface area contributed by atoms with Crippen molar-refractivity contribution in [1.29, 1.82) is 0 Å². The van der Waals surface area contributed by atoms with Gasteiger partial charge in [-0.25, -0.2) is 14.8 Å². The van der Waals surface area contributed by atoms with E-state index in [0.717, 1.165) is 17.4 Å². The van der Waals surface area contributed by atoms with Crippen LogP contribution in [0.1, 0.15) is 41.4 Å². The molecule has 2 aromatic rings. The van der Waals surface area contributed by atoms with Crippen LogP contribution in [-0.4, -0.2) is 60.9 Å². The van der Waals surface area contributed by atoms with E-state index >= 15 is 0 Å². The molecule has 12 heteroatoms.